The summed E-state index contributed by atoms with van der Waals surface area (Å²) in [5.74, 6) is -0.844. The monoisotopic (exact) mass is 215 g/mol. The SMILES string of the molecule is Cn1ccnc1SC(CCN)C(=O)O. The minimum Gasteiger partial charge on any atom is -0.480 e. The molecule has 1 aromatic rings. The van der Waals surface area contributed by atoms with E-state index in [1.54, 1.807) is 17.0 Å². The fourth-order valence-electron chi connectivity index (χ4n) is 0.977. The summed E-state index contributed by atoms with van der Waals surface area (Å²) in [5.41, 5.74) is 5.33. The number of aliphatic carboxylic acids is 1. The van der Waals surface area contributed by atoms with Crippen molar-refractivity contribution < 1.29 is 9.90 Å². The van der Waals surface area contributed by atoms with Gasteiger partial charge >= 0.3 is 5.97 Å². The minimum absolute atomic E-state index is 0.369. The molecule has 0 aliphatic carbocycles. The lowest BCUT2D eigenvalue weighted by molar-refractivity contribution is -0.136. The Morgan fingerprint density at radius 2 is 2.57 bits per heavy atom. The number of hydrogen-bond donors (Lipinski definition) is 2. The van der Waals surface area contributed by atoms with Crippen molar-refractivity contribution in [1.29, 1.82) is 0 Å². The van der Waals surface area contributed by atoms with Gasteiger partial charge in [-0.05, 0) is 13.0 Å². The summed E-state index contributed by atoms with van der Waals surface area (Å²) in [4.78, 5) is 14.9. The number of imidazole rings is 1. The Hall–Kier alpha value is -1.01. The Morgan fingerprint density at radius 1 is 1.86 bits per heavy atom. The topological polar surface area (TPSA) is 81.1 Å². The molecule has 14 heavy (non-hydrogen) atoms. The van der Waals surface area contributed by atoms with Crippen LogP contribution in [0.25, 0.3) is 0 Å². The summed E-state index contributed by atoms with van der Waals surface area (Å²) >= 11 is 1.23. The van der Waals surface area contributed by atoms with E-state index < -0.39 is 11.2 Å². The molecule has 0 aliphatic heterocycles. The maximum atomic E-state index is 10.8. The fraction of sp³-hybridized carbons (Fsp3) is 0.500. The molecule has 1 atom stereocenters. The van der Waals surface area contributed by atoms with Gasteiger partial charge < -0.3 is 15.4 Å². The minimum atomic E-state index is -0.844. The van der Waals surface area contributed by atoms with Crippen LogP contribution in [0.5, 0.6) is 0 Å². The summed E-state index contributed by atoms with van der Waals surface area (Å²) in [7, 11) is 1.83. The van der Waals surface area contributed by atoms with E-state index in [2.05, 4.69) is 4.98 Å². The number of rotatable bonds is 5. The number of carbonyl (C=O) groups is 1. The quantitative estimate of drug-likeness (QED) is 0.691. The van der Waals surface area contributed by atoms with E-state index in [-0.39, 0.29) is 0 Å². The van der Waals surface area contributed by atoms with Crippen molar-refractivity contribution in [1.82, 2.24) is 9.55 Å². The predicted octanol–water partition coefficient (Wildman–Crippen LogP) is 0.314. The molecule has 1 unspecified atom stereocenters. The number of nitrogens with two attached hydrogens (primary N) is 1. The highest BCUT2D eigenvalue weighted by Gasteiger charge is 2.19. The Labute approximate surface area is 86.3 Å². The van der Waals surface area contributed by atoms with Crippen molar-refractivity contribution >= 4 is 17.7 Å². The highest BCUT2D eigenvalue weighted by molar-refractivity contribution is 8.00. The molecule has 3 N–H and O–H groups in total. The maximum absolute atomic E-state index is 10.8. The normalized spacial score (nSPS) is 12.7. The first-order chi connectivity index (χ1) is 6.65. The zero-order valence-corrected chi connectivity index (χ0v) is 8.70. The highest BCUT2D eigenvalue weighted by atomic mass is 32.2. The van der Waals surface area contributed by atoms with Gasteiger partial charge in [0.15, 0.2) is 5.16 Å². The summed E-state index contributed by atoms with van der Waals surface area (Å²) in [6.45, 7) is 0.369. The molecule has 78 valence electrons. The van der Waals surface area contributed by atoms with E-state index in [0.717, 1.165) is 0 Å². The molecule has 0 radical (unpaired) electrons. The van der Waals surface area contributed by atoms with Crippen LogP contribution < -0.4 is 5.73 Å². The third kappa shape index (κ3) is 2.74. The second kappa shape index (κ2) is 5.02. The molecule has 0 aromatic carbocycles. The number of thioether (sulfide) groups is 1. The maximum Gasteiger partial charge on any atom is 0.317 e. The third-order valence-corrected chi connectivity index (χ3v) is 3.06. The van der Waals surface area contributed by atoms with Crippen LogP contribution in [0.3, 0.4) is 0 Å². The predicted molar refractivity (Wildman–Crippen MR) is 54.2 cm³/mol. The van der Waals surface area contributed by atoms with Gasteiger partial charge in [0.2, 0.25) is 0 Å². The zero-order valence-electron chi connectivity index (χ0n) is 7.88. The molecule has 0 aliphatic rings. The number of aryl methyl sites for hydroxylation is 1. The van der Waals surface area contributed by atoms with Crippen LogP contribution in [0, 0.1) is 0 Å². The van der Waals surface area contributed by atoms with E-state index in [9.17, 15) is 4.79 Å². The van der Waals surface area contributed by atoms with Crippen LogP contribution in [-0.4, -0.2) is 32.4 Å². The molecule has 1 aromatic heterocycles. The molecule has 0 amide bonds. The Balaban J connectivity index is 2.64. The van der Waals surface area contributed by atoms with Crippen molar-refractivity contribution in [3.63, 3.8) is 0 Å². The molecular weight excluding hydrogens is 202 g/mol. The fourth-order valence-corrected chi connectivity index (χ4v) is 1.93. The van der Waals surface area contributed by atoms with Crippen LogP contribution in [0.2, 0.25) is 0 Å². The summed E-state index contributed by atoms with van der Waals surface area (Å²) in [5, 5.41) is 9.07. The van der Waals surface area contributed by atoms with Crippen LogP contribution in [0.15, 0.2) is 17.6 Å². The van der Waals surface area contributed by atoms with Crippen molar-refractivity contribution in [2.45, 2.75) is 16.8 Å². The number of aromatic nitrogens is 2. The van der Waals surface area contributed by atoms with Crippen LogP contribution in [0.4, 0.5) is 0 Å². The van der Waals surface area contributed by atoms with Gasteiger partial charge in [0.25, 0.3) is 0 Å². The molecule has 1 heterocycles. The number of nitrogens with zero attached hydrogens (tertiary/aromatic N) is 2. The van der Waals surface area contributed by atoms with E-state index in [0.29, 0.717) is 18.1 Å². The lowest BCUT2D eigenvalue weighted by Gasteiger charge is -2.09. The third-order valence-electron chi connectivity index (χ3n) is 1.73. The standard InChI is InChI=1S/C8H13N3O2S/c1-11-5-4-10-8(11)14-6(2-3-9)7(12)13/h4-6H,2-3,9H2,1H3,(H,12,13). The van der Waals surface area contributed by atoms with E-state index in [1.165, 1.54) is 11.8 Å². The van der Waals surface area contributed by atoms with Crippen LogP contribution >= 0.6 is 11.8 Å². The second-order valence-corrected chi connectivity index (χ2v) is 4.01. The Bertz CT molecular complexity index is 313. The zero-order chi connectivity index (χ0) is 10.6. The summed E-state index contributed by atoms with van der Waals surface area (Å²) in [6.07, 6.45) is 3.88. The number of carboxylic acid groups (broad SMARTS) is 1. The average molecular weight is 215 g/mol. The molecule has 0 spiro atoms. The van der Waals surface area contributed by atoms with Crippen molar-refractivity contribution in [3.8, 4) is 0 Å². The van der Waals surface area contributed by atoms with Gasteiger partial charge in [-0.25, -0.2) is 4.98 Å². The molecule has 0 saturated carbocycles. The van der Waals surface area contributed by atoms with E-state index in [4.69, 9.17) is 10.8 Å². The average Bonchev–Trinajstić information content (AvgIpc) is 2.51. The van der Waals surface area contributed by atoms with Crippen molar-refractivity contribution in [3.05, 3.63) is 12.4 Å². The lowest BCUT2D eigenvalue weighted by atomic mass is 10.3. The number of hydrogen-bond acceptors (Lipinski definition) is 4. The summed E-state index contributed by atoms with van der Waals surface area (Å²) < 4.78 is 1.79. The summed E-state index contributed by atoms with van der Waals surface area (Å²) in [6, 6.07) is 0. The van der Waals surface area contributed by atoms with E-state index >= 15 is 0 Å². The first-order valence-electron chi connectivity index (χ1n) is 4.22. The molecule has 1 rings (SSSR count). The molecule has 6 heteroatoms. The molecule has 0 bridgehead atoms. The van der Waals surface area contributed by atoms with Gasteiger partial charge in [0.05, 0.1) is 0 Å². The van der Waals surface area contributed by atoms with E-state index in [1.807, 2.05) is 7.05 Å². The lowest BCUT2D eigenvalue weighted by Crippen LogP contribution is -2.20. The van der Waals surface area contributed by atoms with Gasteiger partial charge in [-0.2, -0.15) is 0 Å². The number of carboxylic acids is 1. The highest BCUT2D eigenvalue weighted by Crippen LogP contribution is 2.22. The van der Waals surface area contributed by atoms with Gasteiger partial charge in [0.1, 0.15) is 5.25 Å². The Morgan fingerprint density at radius 3 is 3.00 bits per heavy atom. The van der Waals surface area contributed by atoms with Gasteiger partial charge in [0, 0.05) is 19.4 Å². The van der Waals surface area contributed by atoms with Gasteiger partial charge in [-0.3, -0.25) is 4.79 Å². The van der Waals surface area contributed by atoms with Gasteiger partial charge in [-0.1, -0.05) is 11.8 Å². The van der Waals surface area contributed by atoms with Crippen LogP contribution in [0.1, 0.15) is 6.42 Å². The molecule has 5 nitrogen and oxygen atoms in total. The van der Waals surface area contributed by atoms with Gasteiger partial charge in [-0.15, -0.1) is 0 Å². The second-order valence-electron chi connectivity index (χ2n) is 2.84. The first-order valence-corrected chi connectivity index (χ1v) is 5.10. The van der Waals surface area contributed by atoms with Crippen molar-refractivity contribution in [2.24, 2.45) is 12.8 Å². The van der Waals surface area contributed by atoms with Crippen LogP contribution in [-0.2, 0) is 11.8 Å². The molecule has 0 fully saturated rings. The molecule has 0 saturated heterocycles. The first kappa shape index (κ1) is 11.1. The molecular formula is C8H13N3O2S. The Kier molecular flexibility index (Phi) is 3.97. The largest absolute Gasteiger partial charge is 0.480 e. The smallest absolute Gasteiger partial charge is 0.317 e. The van der Waals surface area contributed by atoms with Crippen molar-refractivity contribution in [2.75, 3.05) is 6.54 Å².